The van der Waals surface area contributed by atoms with Crippen molar-refractivity contribution in [2.24, 2.45) is 5.92 Å². The Balaban J connectivity index is 1.80. The number of aryl methyl sites for hydroxylation is 1. The van der Waals surface area contributed by atoms with Gasteiger partial charge in [-0.15, -0.1) is 0 Å². The Bertz CT molecular complexity index is 495. The molecule has 1 unspecified atom stereocenters. The molecule has 0 spiro atoms. The lowest BCUT2D eigenvalue weighted by Gasteiger charge is -2.25. The maximum Gasteiger partial charge on any atom is 0.309 e. The number of ether oxygens (including phenoxy) is 1. The van der Waals surface area contributed by atoms with Crippen molar-refractivity contribution in [1.82, 2.24) is 0 Å². The van der Waals surface area contributed by atoms with E-state index in [-0.39, 0.29) is 18.0 Å². The number of benzene rings is 1. The van der Waals surface area contributed by atoms with Gasteiger partial charge in [-0.2, -0.15) is 0 Å². The molecule has 1 aliphatic rings. The van der Waals surface area contributed by atoms with Crippen LogP contribution in [0.3, 0.4) is 0 Å². The van der Waals surface area contributed by atoms with Crippen molar-refractivity contribution in [1.29, 1.82) is 0 Å². The van der Waals surface area contributed by atoms with E-state index in [1.54, 1.807) is 6.07 Å². The number of phenols is 1. The van der Waals surface area contributed by atoms with Gasteiger partial charge in [-0.25, -0.2) is 0 Å². The molecule has 0 radical (unpaired) electrons. The highest BCUT2D eigenvalue weighted by atomic mass is 16.5. The lowest BCUT2D eigenvalue weighted by molar-refractivity contribution is -0.154. The number of esters is 1. The monoisotopic (exact) mass is 304 g/mol. The van der Waals surface area contributed by atoms with Crippen LogP contribution in [-0.4, -0.2) is 17.2 Å². The molecule has 2 atom stereocenters. The first-order chi connectivity index (χ1) is 10.6. The van der Waals surface area contributed by atoms with Crippen LogP contribution in [0.5, 0.6) is 5.75 Å². The minimum atomic E-state index is -0.0540. The molecule has 3 nitrogen and oxygen atoms in total. The fourth-order valence-electron chi connectivity index (χ4n) is 3.15. The minimum Gasteiger partial charge on any atom is -0.508 e. The Hall–Kier alpha value is -1.51. The van der Waals surface area contributed by atoms with E-state index in [4.69, 9.17) is 4.74 Å². The van der Waals surface area contributed by atoms with Crippen LogP contribution < -0.4 is 0 Å². The van der Waals surface area contributed by atoms with Crippen LogP contribution in [0.15, 0.2) is 18.2 Å². The van der Waals surface area contributed by atoms with Crippen molar-refractivity contribution >= 4 is 5.97 Å². The number of carbonyl (C=O) groups excluding carboxylic acids is 1. The third kappa shape index (κ3) is 4.75. The average molecular weight is 304 g/mol. The largest absolute Gasteiger partial charge is 0.508 e. The quantitative estimate of drug-likeness (QED) is 0.600. The van der Waals surface area contributed by atoms with Crippen molar-refractivity contribution < 1.29 is 14.6 Å². The summed E-state index contributed by atoms with van der Waals surface area (Å²) < 4.78 is 5.62. The lowest BCUT2D eigenvalue weighted by atomic mass is 9.84. The van der Waals surface area contributed by atoms with Crippen LogP contribution in [0.4, 0.5) is 0 Å². The first kappa shape index (κ1) is 16.9. The Morgan fingerprint density at radius 3 is 2.91 bits per heavy atom. The van der Waals surface area contributed by atoms with E-state index in [2.05, 4.69) is 6.92 Å². The molecule has 1 aromatic rings. The van der Waals surface area contributed by atoms with Crippen molar-refractivity contribution in [3.05, 3.63) is 29.3 Å². The highest BCUT2D eigenvalue weighted by Crippen LogP contribution is 2.29. The normalized spacial score (nSPS) is 18.5. The fourth-order valence-corrected chi connectivity index (χ4v) is 3.15. The topological polar surface area (TPSA) is 46.5 Å². The predicted molar refractivity (Wildman–Crippen MR) is 87.9 cm³/mol. The van der Waals surface area contributed by atoms with E-state index in [1.807, 2.05) is 19.1 Å². The second-order valence-corrected chi connectivity index (χ2v) is 6.49. The first-order valence-corrected chi connectivity index (χ1v) is 8.61. The van der Waals surface area contributed by atoms with Gasteiger partial charge < -0.3 is 9.84 Å². The standard InChI is InChI=1S/C19H28O3/c1-3-4-5-6-7-14(2)22-19(21)17-9-8-16-13-18(20)11-10-15(16)12-17/h10-11,13-14,17,20H,3-9,12H2,1-2H3/t14-,17?/m0/s1. The van der Waals surface area contributed by atoms with E-state index < -0.39 is 0 Å². The molecule has 0 saturated carbocycles. The zero-order chi connectivity index (χ0) is 15.9. The minimum absolute atomic E-state index is 0.0190. The number of fused-ring (bicyclic) bond motifs is 1. The van der Waals surface area contributed by atoms with Gasteiger partial charge in [-0.05, 0) is 62.3 Å². The van der Waals surface area contributed by atoms with Crippen LogP contribution in [0.2, 0.25) is 0 Å². The smallest absolute Gasteiger partial charge is 0.309 e. The van der Waals surface area contributed by atoms with E-state index in [1.165, 1.54) is 24.8 Å². The number of carbonyl (C=O) groups is 1. The summed E-state index contributed by atoms with van der Waals surface area (Å²) in [6, 6.07) is 5.44. The molecule has 0 saturated heterocycles. The van der Waals surface area contributed by atoms with Crippen molar-refractivity contribution in [3.63, 3.8) is 0 Å². The van der Waals surface area contributed by atoms with Gasteiger partial charge in [0.25, 0.3) is 0 Å². The molecular formula is C19H28O3. The van der Waals surface area contributed by atoms with E-state index >= 15 is 0 Å². The Morgan fingerprint density at radius 1 is 1.32 bits per heavy atom. The van der Waals surface area contributed by atoms with Gasteiger partial charge in [0, 0.05) is 0 Å². The van der Waals surface area contributed by atoms with Gasteiger partial charge >= 0.3 is 5.97 Å². The summed E-state index contributed by atoms with van der Waals surface area (Å²) in [7, 11) is 0. The lowest BCUT2D eigenvalue weighted by Crippen LogP contribution is -2.27. The van der Waals surface area contributed by atoms with Gasteiger partial charge in [0.2, 0.25) is 0 Å². The van der Waals surface area contributed by atoms with Gasteiger partial charge in [-0.3, -0.25) is 4.79 Å². The van der Waals surface area contributed by atoms with Crippen LogP contribution in [0.1, 0.15) is 63.5 Å². The molecule has 1 N–H and O–H groups in total. The number of phenolic OH excluding ortho intramolecular Hbond substituents is 1. The summed E-state index contributed by atoms with van der Waals surface area (Å²) in [5, 5.41) is 9.51. The van der Waals surface area contributed by atoms with Gasteiger partial charge in [-0.1, -0.05) is 32.3 Å². The highest BCUT2D eigenvalue weighted by Gasteiger charge is 2.27. The zero-order valence-corrected chi connectivity index (χ0v) is 13.8. The summed E-state index contributed by atoms with van der Waals surface area (Å²) >= 11 is 0. The van der Waals surface area contributed by atoms with Crippen LogP contribution in [0.25, 0.3) is 0 Å². The van der Waals surface area contributed by atoms with Crippen molar-refractivity contribution in [2.45, 2.75) is 71.3 Å². The van der Waals surface area contributed by atoms with Crippen molar-refractivity contribution in [3.8, 4) is 5.75 Å². The molecule has 3 heteroatoms. The number of unbranched alkanes of at least 4 members (excludes halogenated alkanes) is 3. The number of hydrogen-bond donors (Lipinski definition) is 1. The molecule has 0 amide bonds. The molecule has 0 heterocycles. The summed E-state index contributed by atoms with van der Waals surface area (Å²) in [4.78, 5) is 12.3. The molecular weight excluding hydrogens is 276 g/mol. The number of hydrogen-bond acceptors (Lipinski definition) is 3. The Morgan fingerprint density at radius 2 is 2.14 bits per heavy atom. The number of rotatable bonds is 7. The SMILES string of the molecule is CCCCCC[C@H](C)OC(=O)C1CCc2cc(O)ccc2C1. The summed E-state index contributed by atoms with van der Waals surface area (Å²) in [6.07, 6.45) is 8.21. The van der Waals surface area contributed by atoms with Gasteiger partial charge in [0.15, 0.2) is 0 Å². The maximum atomic E-state index is 12.3. The van der Waals surface area contributed by atoms with Crippen molar-refractivity contribution in [2.75, 3.05) is 0 Å². The summed E-state index contributed by atoms with van der Waals surface area (Å²) in [5.74, 6) is 0.220. The van der Waals surface area contributed by atoms with E-state index in [0.29, 0.717) is 5.75 Å². The molecule has 22 heavy (non-hydrogen) atoms. The molecule has 0 fully saturated rings. The third-order valence-corrected chi connectivity index (χ3v) is 4.53. The summed E-state index contributed by atoms with van der Waals surface area (Å²) in [5.41, 5.74) is 2.33. The molecule has 0 bridgehead atoms. The average Bonchev–Trinajstić information content (AvgIpc) is 2.51. The second-order valence-electron chi connectivity index (χ2n) is 6.49. The third-order valence-electron chi connectivity index (χ3n) is 4.53. The molecule has 122 valence electrons. The van der Waals surface area contributed by atoms with E-state index in [9.17, 15) is 9.90 Å². The first-order valence-electron chi connectivity index (χ1n) is 8.61. The van der Waals surface area contributed by atoms with Crippen LogP contribution >= 0.6 is 0 Å². The molecule has 1 aromatic carbocycles. The molecule has 0 aliphatic heterocycles. The van der Waals surface area contributed by atoms with Crippen LogP contribution in [0, 0.1) is 5.92 Å². The van der Waals surface area contributed by atoms with Gasteiger partial charge in [0.05, 0.1) is 12.0 Å². The van der Waals surface area contributed by atoms with Gasteiger partial charge in [0.1, 0.15) is 5.75 Å². The Kier molecular flexibility index (Phi) is 6.29. The highest BCUT2D eigenvalue weighted by molar-refractivity contribution is 5.73. The van der Waals surface area contributed by atoms with Crippen LogP contribution in [-0.2, 0) is 22.4 Å². The predicted octanol–water partition coefficient (Wildman–Crippen LogP) is 4.40. The molecule has 2 rings (SSSR count). The second kappa shape index (κ2) is 8.21. The summed E-state index contributed by atoms with van der Waals surface area (Å²) in [6.45, 7) is 4.20. The van der Waals surface area contributed by atoms with E-state index in [0.717, 1.165) is 37.7 Å². The maximum absolute atomic E-state index is 12.3. The molecule has 1 aliphatic carbocycles. The fraction of sp³-hybridized carbons (Fsp3) is 0.632. The number of aromatic hydroxyl groups is 1. The zero-order valence-electron chi connectivity index (χ0n) is 13.8. The Labute approximate surface area is 133 Å². The molecule has 0 aromatic heterocycles.